The van der Waals surface area contributed by atoms with Crippen LogP contribution in [-0.2, 0) is 19.1 Å². The van der Waals surface area contributed by atoms with E-state index in [0.717, 1.165) is 0 Å². The summed E-state index contributed by atoms with van der Waals surface area (Å²) in [5.74, 6) is -12.4. The van der Waals surface area contributed by atoms with Crippen molar-refractivity contribution in [1.29, 1.82) is 0 Å². The summed E-state index contributed by atoms with van der Waals surface area (Å²) in [6.45, 7) is 0.291. The van der Waals surface area contributed by atoms with Crippen molar-refractivity contribution in [2.24, 2.45) is 5.92 Å². The second-order valence-electron chi connectivity index (χ2n) is 9.72. The minimum atomic E-state index is -6.25. The molecule has 0 spiro atoms. The highest BCUT2D eigenvalue weighted by Gasteiger charge is 2.62. The molecule has 0 radical (unpaired) electrons. The Labute approximate surface area is 299 Å². The third-order valence-electron chi connectivity index (χ3n) is 5.65. The number of benzene rings is 2. The van der Waals surface area contributed by atoms with Crippen LogP contribution in [0.4, 0.5) is 52.7 Å². The zero-order chi connectivity index (χ0) is 38.6. The van der Waals surface area contributed by atoms with Gasteiger partial charge in [-0.3, -0.25) is 0 Å². The molecule has 2 aromatic rings. The Morgan fingerprint density at radius 3 is 1.44 bits per heavy atom. The topological polar surface area (TPSA) is 89.5 Å². The smallest absolute Gasteiger partial charge is 0.477 e. The van der Waals surface area contributed by atoms with Crippen LogP contribution in [0.25, 0.3) is 0 Å². The van der Waals surface area contributed by atoms with Crippen molar-refractivity contribution in [3.8, 4) is 23.0 Å². The first-order chi connectivity index (χ1) is 22.7. The average molecular weight is 917 g/mol. The van der Waals surface area contributed by atoms with Crippen LogP contribution in [0.15, 0.2) is 21.1 Å². The van der Waals surface area contributed by atoms with Gasteiger partial charge < -0.3 is 28.4 Å². The third kappa shape index (κ3) is 11.1. The molecule has 0 N–H and O–H groups in total. The zero-order valence-electron chi connectivity index (χ0n) is 24.5. The molecule has 0 bridgehead atoms. The lowest BCUT2D eigenvalue weighted by Crippen LogP contribution is -2.42. The van der Waals surface area contributed by atoms with E-state index < -0.39 is 122 Å². The Balaban J connectivity index is 2.00. The largest absolute Gasteiger partial charge is 0.499 e. The number of hydrogen-bond acceptors (Lipinski definition) is 8. The van der Waals surface area contributed by atoms with E-state index in [-0.39, 0.29) is 6.42 Å². The summed E-state index contributed by atoms with van der Waals surface area (Å²) in [6, 6.07) is 1.30. The Morgan fingerprint density at radius 1 is 0.700 bits per heavy atom. The van der Waals surface area contributed by atoms with Gasteiger partial charge in [-0.05, 0) is 49.9 Å². The van der Waals surface area contributed by atoms with Crippen LogP contribution in [0.2, 0.25) is 10.0 Å². The molecular weight excluding hydrogens is 899 g/mol. The molecule has 282 valence electrons. The van der Waals surface area contributed by atoms with E-state index in [0.29, 0.717) is 12.1 Å². The predicted molar refractivity (Wildman–Crippen MR) is 153 cm³/mol. The molecule has 0 amide bonds. The van der Waals surface area contributed by atoms with Crippen molar-refractivity contribution in [2.75, 3.05) is 19.8 Å². The molecule has 24 heteroatoms. The van der Waals surface area contributed by atoms with Crippen molar-refractivity contribution < 1.29 is 90.7 Å². The van der Waals surface area contributed by atoms with Gasteiger partial charge in [0.1, 0.15) is 6.10 Å². The van der Waals surface area contributed by atoms with Gasteiger partial charge in [0.2, 0.25) is 11.6 Å². The molecule has 50 heavy (non-hydrogen) atoms. The molecule has 0 heterocycles. The van der Waals surface area contributed by atoms with Crippen LogP contribution in [0.5, 0.6) is 23.0 Å². The lowest BCUT2D eigenvalue weighted by molar-refractivity contribution is -0.361. The van der Waals surface area contributed by atoms with Gasteiger partial charge in [0.25, 0.3) is 0 Å². The fourth-order valence-electron chi connectivity index (χ4n) is 3.26. The monoisotopic (exact) mass is 914 g/mol. The van der Waals surface area contributed by atoms with Crippen molar-refractivity contribution in [1.82, 2.24) is 0 Å². The van der Waals surface area contributed by atoms with E-state index in [1.807, 2.05) is 0 Å². The maximum Gasteiger partial charge on any atom is 0.499 e. The minimum Gasteiger partial charge on any atom is -0.477 e. The predicted octanol–water partition coefficient (Wildman–Crippen LogP) is 9.82. The second-order valence-corrected chi connectivity index (χ2v) is 12.2. The van der Waals surface area contributed by atoms with Crippen molar-refractivity contribution in [3.63, 3.8) is 0 Å². The van der Waals surface area contributed by atoms with Gasteiger partial charge in [-0.15, -0.1) is 0 Å². The van der Waals surface area contributed by atoms with Gasteiger partial charge in [-0.2, -0.15) is 52.7 Å². The molecule has 2 aromatic carbocycles. The molecule has 0 saturated carbocycles. The highest BCUT2D eigenvalue weighted by Crippen LogP contribution is 2.46. The van der Waals surface area contributed by atoms with Crippen molar-refractivity contribution >= 4 is 67.0 Å². The molecule has 0 saturated heterocycles. The molecule has 0 aliphatic carbocycles. The standard InChI is InChI=1S/C26H18Br2Cl2F12O8/c1-9(2)14(48-16(44)8-47-20-11(28)6-13(30)22(18(20)32)50-26(41,42)24(36,37)38)3-4-45-15(43)7-46-19-10(27)5-12(29)21(17(19)31)49-25(39,40)23(33,34)35/h5-6,9,14H,3-4,7-8H2,1-2H3. The van der Waals surface area contributed by atoms with Crippen molar-refractivity contribution in [3.05, 3.63) is 42.8 Å². The van der Waals surface area contributed by atoms with Gasteiger partial charge in [-0.25, -0.2) is 9.59 Å². The Morgan fingerprint density at radius 2 is 1.08 bits per heavy atom. The summed E-state index contributed by atoms with van der Waals surface area (Å²) < 4.78 is 184. The van der Waals surface area contributed by atoms with Crippen LogP contribution in [0, 0.1) is 17.6 Å². The fraction of sp³-hybridized carbons (Fsp3) is 0.462. The minimum absolute atomic E-state index is 0.234. The first kappa shape index (κ1) is 43.4. The maximum atomic E-state index is 14.8. The molecule has 0 aliphatic rings. The number of esters is 2. The van der Waals surface area contributed by atoms with Crippen molar-refractivity contribution in [2.45, 2.75) is 50.9 Å². The van der Waals surface area contributed by atoms with Crippen LogP contribution in [-0.4, -0.2) is 62.4 Å². The maximum absolute atomic E-state index is 14.8. The summed E-state index contributed by atoms with van der Waals surface area (Å²) in [7, 11) is 0. The molecule has 2 rings (SSSR count). The molecular formula is C26H18Br2Cl2F12O8. The number of carbonyl (C=O) groups excluding carboxylic acids is 2. The number of rotatable bonds is 15. The number of ether oxygens (including phenoxy) is 6. The third-order valence-corrected chi connectivity index (χ3v) is 7.39. The summed E-state index contributed by atoms with van der Waals surface area (Å²) in [6.07, 6.45) is -25.5. The SMILES string of the molecule is CC(C)C(CCOC(=O)COc1c(Br)cc(Cl)c(OC(F)(F)C(F)(F)F)c1F)OC(=O)COc1c(Br)cc(Cl)c(OC(F)(F)C(F)(F)F)c1F. The van der Waals surface area contributed by atoms with E-state index >= 15 is 0 Å². The van der Waals surface area contributed by atoms with E-state index in [1.165, 1.54) is 13.8 Å². The summed E-state index contributed by atoms with van der Waals surface area (Å²) in [4.78, 5) is 24.5. The molecule has 0 aromatic heterocycles. The van der Waals surface area contributed by atoms with E-state index in [4.69, 9.17) is 42.1 Å². The number of hydrogen-bond donors (Lipinski definition) is 0. The normalized spacial score (nSPS) is 13.2. The summed E-state index contributed by atoms with van der Waals surface area (Å²) in [5, 5.41) is -2.02. The van der Waals surface area contributed by atoms with E-state index in [1.54, 1.807) is 0 Å². The molecule has 1 atom stereocenters. The Kier molecular flexibility index (Phi) is 14.5. The highest BCUT2D eigenvalue weighted by atomic mass is 79.9. The molecule has 0 aliphatic heterocycles. The Bertz CT molecular complexity index is 1560. The molecule has 1 unspecified atom stereocenters. The fourth-order valence-corrected chi connectivity index (χ4v) is 5.02. The van der Waals surface area contributed by atoms with Crippen LogP contribution in [0.3, 0.4) is 0 Å². The van der Waals surface area contributed by atoms with Gasteiger partial charge in [0.15, 0.2) is 36.2 Å². The first-order valence-corrected chi connectivity index (χ1v) is 15.3. The van der Waals surface area contributed by atoms with Crippen LogP contribution in [0.1, 0.15) is 20.3 Å². The number of halogens is 16. The quantitative estimate of drug-likeness (QED) is 0.129. The second kappa shape index (κ2) is 16.7. The lowest BCUT2D eigenvalue weighted by Gasteiger charge is -2.23. The van der Waals surface area contributed by atoms with E-state index in [9.17, 15) is 62.3 Å². The summed E-state index contributed by atoms with van der Waals surface area (Å²) >= 11 is 16.6. The molecule has 0 fully saturated rings. The summed E-state index contributed by atoms with van der Waals surface area (Å²) in [5.41, 5.74) is 0. The highest BCUT2D eigenvalue weighted by molar-refractivity contribution is 9.11. The number of carbonyl (C=O) groups is 2. The van der Waals surface area contributed by atoms with Crippen LogP contribution >= 0.6 is 55.1 Å². The van der Waals surface area contributed by atoms with Gasteiger partial charge >= 0.3 is 36.5 Å². The Hall–Kier alpha value is -2.72. The average Bonchev–Trinajstić information content (AvgIpc) is 2.95. The van der Waals surface area contributed by atoms with Gasteiger partial charge in [0, 0.05) is 6.42 Å². The molecule has 8 nitrogen and oxygen atoms in total. The zero-order valence-corrected chi connectivity index (χ0v) is 29.1. The first-order valence-electron chi connectivity index (χ1n) is 12.9. The van der Waals surface area contributed by atoms with Gasteiger partial charge in [-0.1, -0.05) is 37.0 Å². The lowest BCUT2D eigenvalue weighted by atomic mass is 10.0. The van der Waals surface area contributed by atoms with Crippen LogP contribution < -0.4 is 18.9 Å². The number of alkyl halides is 10. The van der Waals surface area contributed by atoms with Gasteiger partial charge in [0.05, 0.1) is 25.6 Å². The van der Waals surface area contributed by atoms with E-state index in [2.05, 4.69) is 41.3 Å².